The lowest BCUT2D eigenvalue weighted by Gasteiger charge is -2.02. The van der Waals surface area contributed by atoms with Crippen LogP contribution in [0.25, 0.3) is 10.9 Å². The average molecular weight is 268 g/mol. The molecule has 100 valence electrons. The van der Waals surface area contributed by atoms with Crippen LogP contribution in [0.4, 0.5) is 10.1 Å². The molecule has 3 rings (SSSR count). The monoisotopic (exact) mass is 268 g/mol. The first-order valence-electron chi connectivity index (χ1n) is 6.23. The summed E-state index contributed by atoms with van der Waals surface area (Å²) in [7, 11) is 0. The molecule has 0 unspecified atom stereocenters. The number of hydrogen-bond donors (Lipinski definition) is 2. The number of aromatic amines is 1. The number of nitrogen functional groups attached to an aromatic ring is 1. The number of rotatable bonds is 2. The largest absolute Gasteiger partial charge is 0.399 e. The second-order valence-electron chi connectivity index (χ2n) is 4.85. The quantitative estimate of drug-likeness (QED) is 0.552. The highest BCUT2D eigenvalue weighted by molar-refractivity contribution is 6.16. The van der Waals surface area contributed by atoms with Crippen molar-refractivity contribution in [2.75, 3.05) is 5.73 Å². The summed E-state index contributed by atoms with van der Waals surface area (Å²) in [5.41, 5.74) is 8.54. The van der Waals surface area contributed by atoms with Gasteiger partial charge in [-0.1, -0.05) is 11.6 Å². The molecule has 0 aliphatic heterocycles. The molecule has 3 N–H and O–H groups in total. The van der Waals surface area contributed by atoms with E-state index >= 15 is 0 Å². The molecular formula is C16H13FN2O. The van der Waals surface area contributed by atoms with Crippen LogP contribution in [0, 0.1) is 12.7 Å². The normalized spacial score (nSPS) is 10.9. The van der Waals surface area contributed by atoms with Crippen LogP contribution < -0.4 is 5.73 Å². The number of benzene rings is 2. The fourth-order valence-corrected chi connectivity index (χ4v) is 2.32. The van der Waals surface area contributed by atoms with Gasteiger partial charge in [0.15, 0.2) is 5.78 Å². The molecule has 0 radical (unpaired) electrons. The van der Waals surface area contributed by atoms with Crippen LogP contribution in [0.5, 0.6) is 0 Å². The summed E-state index contributed by atoms with van der Waals surface area (Å²) >= 11 is 0. The first-order valence-corrected chi connectivity index (χ1v) is 6.23. The number of halogens is 1. The van der Waals surface area contributed by atoms with Gasteiger partial charge in [0.1, 0.15) is 5.82 Å². The smallest absolute Gasteiger partial charge is 0.195 e. The minimum absolute atomic E-state index is 0.240. The van der Waals surface area contributed by atoms with Crippen LogP contribution >= 0.6 is 0 Å². The molecule has 0 aliphatic rings. The van der Waals surface area contributed by atoms with Gasteiger partial charge in [0.25, 0.3) is 0 Å². The zero-order valence-electron chi connectivity index (χ0n) is 10.9. The van der Waals surface area contributed by atoms with Crippen LogP contribution in [0.1, 0.15) is 21.5 Å². The Morgan fingerprint density at radius 1 is 1.20 bits per heavy atom. The summed E-state index contributed by atoms with van der Waals surface area (Å²) in [6.45, 7) is 1.96. The van der Waals surface area contributed by atoms with Gasteiger partial charge in [-0.3, -0.25) is 4.79 Å². The number of carbonyl (C=O) groups excluding carboxylic acids is 1. The third kappa shape index (κ3) is 2.05. The van der Waals surface area contributed by atoms with E-state index in [0.29, 0.717) is 5.56 Å². The van der Waals surface area contributed by atoms with Gasteiger partial charge in [0.05, 0.1) is 0 Å². The topological polar surface area (TPSA) is 58.9 Å². The van der Waals surface area contributed by atoms with E-state index in [1.165, 1.54) is 18.2 Å². The van der Waals surface area contributed by atoms with Crippen molar-refractivity contribution in [3.05, 3.63) is 65.1 Å². The molecule has 0 saturated heterocycles. The number of aryl methyl sites for hydroxylation is 1. The lowest BCUT2D eigenvalue weighted by molar-refractivity contribution is 0.104. The van der Waals surface area contributed by atoms with Crippen LogP contribution in [0.3, 0.4) is 0 Å². The number of carbonyl (C=O) groups is 1. The van der Waals surface area contributed by atoms with Crippen molar-refractivity contribution in [3.63, 3.8) is 0 Å². The molecule has 0 fully saturated rings. The van der Waals surface area contributed by atoms with E-state index in [4.69, 9.17) is 5.73 Å². The number of nitrogens with two attached hydrogens (primary N) is 1. The Hall–Kier alpha value is -2.62. The van der Waals surface area contributed by atoms with Crippen molar-refractivity contribution in [2.45, 2.75) is 6.92 Å². The summed E-state index contributed by atoms with van der Waals surface area (Å²) in [6.07, 6.45) is 1.65. The van der Waals surface area contributed by atoms with Gasteiger partial charge in [-0.2, -0.15) is 0 Å². The molecule has 0 aliphatic carbocycles. The van der Waals surface area contributed by atoms with Crippen molar-refractivity contribution >= 4 is 22.4 Å². The van der Waals surface area contributed by atoms with Gasteiger partial charge in [-0.15, -0.1) is 0 Å². The lowest BCUT2D eigenvalue weighted by atomic mass is 10.0. The third-order valence-corrected chi connectivity index (χ3v) is 3.26. The highest BCUT2D eigenvalue weighted by Gasteiger charge is 2.15. The van der Waals surface area contributed by atoms with Gasteiger partial charge in [0.2, 0.25) is 0 Å². The molecule has 0 bridgehead atoms. The minimum atomic E-state index is -0.510. The second-order valence-corrected chi connectivity index (χ2v) is 4.85. The van der Waals surface area contributed by atoms with E-state index in [1.54, 1.807) is 6.20 Å². The number of nitrogens with one attached hydrogen (secondary N) is 1. The molecule has 3 aromatic rings. The zero-order valence-corrected chi connectivity index (χ0v) is 10.9. The molecule has 4 heteroatoms. The van der Waals surface area contributed by atoms with Gasteiger partial charge in [-0.05, 0) is 37.3 Å². The Morgan fingerprint density at radius 3 is 2.75 bits per heavy atom. The van der Waals surface area contributed by atoms with E-state index in [0.717, 1.165) is 16.5 Å². The highest BCUT2D eigenvalue weighted by atomic mass is 19.1. The van der Waals surface area contributed by atoms with Crippen molar-refractivity contribution < 1.29 is 9.18 Å². The predicted molar refractivity (Wildman–Crippen MR) is 77.3 cm³/mol. The third-order valence-electron chi connectivity index (χ3n) is 3.26. The molecule has 1 heterocycles. The summed E-state index contributed by atoms with van der Waals surface area (Å²) in [6, 6.07) is 9.69. The van der Waals surface area contributed by atoms with Crippen molar-refractivity contribution in [3.8, 4) is 0 Å². The molecule has 0 saturated carbocycles. The van der Waals surface area contributed by atoms with Crippen LogP contribution in [-0.4, -0.2) is 10.8 Å². The first kappa shape index (κ1) is 12.4. The molecule has 1 aromatic heterocycles. The van der Waals surface area contributed by atoms with Crippen molar-refractivity contribution in [1.82, 2.24) is 4.98 Å². The molecule has 0 amide bonds. The maximum atomic E-state index is 13.4. The predicted octanol–water partition coefficient (Wildman–Crippen LogP) is 3.43. The minimum Gasteiger partial charge on any atom is -0.399 e. The Balaban J connectivity index is 2.15. The number of ketones is 1. The van der Waals surface area contributed by atoms with Crippen molar-refractivity contribution in [1.29, 1.82) is 0 Å². The van der Waals surface area contributed by atoms with E-state index in [-0.39, 0.29) is 17.0 Å². The Bertz CT molecular complexity index is 800. The average Bonchev–Trinajstić information content (AvgIpc) is 2.79. The number of aromatic nitrogens is 1. The number of fused-ring (bicyclic) bond motifs is 1. The SMILES string of the molecule is Cc1ccc2[nH]cc(C(=O)c3cc(N)cc(F)c3)c2c1. The molecule has 3 nitrogen and oxygen atoms in total. The molecule has 0 atom stereocenters. The van der Waals surface area contributed by atoms with Gasteiger partial charge < -0.3 is 10.7 Å². The van der Waals surface area contributed by atoms with Gasteiger partial charge in [-0.25, -0.2) is 4.39 Å². The maximum absolute atomic E-state index is 13.4. The highest BCUT2D eigenvalue weighted by Crippen LogP contribution is 2.23. The maximum Gasteiger partial charge on any atom is 0.195 e. The zero-order chi connectivity index (χ0) is 14.3. The summed E-state index contributed by atoms with van der Waals surface area (Å²) in [5.74, 6) is -0.752. The van der Waals surface area contributed by atoms with E-state index in [1.807, 2.05) is 25.1 Å². The Morgan fingerprint density at radius 2 is 2.00 bits per heavy atom. The van der Waals surface area contributed by atoms with Crippen LogP contribution in [0.15, 0.2) is 42.6 Å². The van der Waals surface area contributed by atoms with E-state index in [2.05, 4.69) is 4.98 Å². The van der Waals surface area contributed by atoms with Gasteiger partial charge >= 0.3 is 0 Å². The van der Waals surface area contributed by atoms with Crippen LogP contribution in [-0.2, 0) is 0 Å². The molecule has 20 heavy (non-hydrogen) atoms. The Labute approximate surface area is 115 Å². The molecular weight excluding hydrogens is 255 g/mol. The standard InChI is InChI=1S/C16H13FN2O/c1-9-2-3-15-13(4-9)14(8-19-15)16(20)10-5-11(17)7-12(18)6-10/h2-8,19H,18H2,1H3. The first-order chi connectivity index (χ1) is 9.54. The summed E-state index contributed by atoms with van der Waals surface area (Å²) < 4.78 is 13.4. The summed E-state index contributed by atoms with van der Waals surface area (Å²) in [4.78, 5) is 15.5. The van der Waals surface area contributed by atoms with Crippen molar-refractivity contribution in [2.24, 2.45) is 0 Å². The fourth-order valence-electron chi connectivity index (χ4n) is 2.32. The van der Waals surface area contributed by atoms with Crippen LogP contribution in [0.2, 0.25) is 0 Å². The summed E-state index contributed by atoms with van der Waals surface area (Å²) in [5, 5.41) is 0.831. The fraction of sp³-hybridized carbons (Fsp3) is 0.0625. The molecule has 2 aromatic carbocycles. The lowest BCUT2D eigenvalue weighted by Crippen LogP contribution is -2.02. The Kier molecular flexibility index (Phi) is 2.79. The molecule has 0 spiro atoms. The van der Waals surface area contributed by atoms with E-state index in [9.17, 15) is 9.18 Å². The van der Waals surface area contributed by atoms with E-state index < -0.39 is 5.82 Å². The number of H-pyrrole nitrogens is 1. The number of hydrogen-bond acceptors (Lipinski definition) is 2. The number of anilines is 1. The second kappa shape index (κ2) is 4.49. The van der Waals surface area contributed by atoms with Gasteiger partial charge in [0, 0.05) is 33.9 Å².